The van der Waals surface area contributed by atoms with Crippen molar-refractivity contribution in [1.82, 2.24) is 29.1 Å². The fraction of sp³-hybridized carbons (Fsp3) is 0.371. The van der Waals surface area contributed by atoms with Crippen LogP contribution in [0.15, 0.2) is 90.5 Å². The standard InChI is InChI=1S/C35H38Cl2N8O5/c1-24(25(2)46)45-34(47)44(23-40-45)29-6-4-27(5-7-29)41-13-15-42(16-14-41)28-8-10-30(11-9-28)48-18-31-19-49-35(50-31,20-43-22-38-21-39-43)32-12-3-26(36)17-33(32)37/h3-12,17,21-25,31,46H,13-16,18-20H2,1-2H3/t24-,25+,31+,35+/m0/s1. The van der Waals surface area contributed by atoms with Crippen molar-refractivity contribution < 1.29 is 19.3 Å². The molecule has 262 valence electrons. The Kier molecular flexibility index (Phi) is 9.84. The number of aliphatic hydroxyl groups excluding tert-OH is 1. The zero-order valence-corrected chi connectivity index (χ0v) is 29.2. The van der Waals surface area contributed by atoms with Gasteiger partial charge in [-0.05, 0) is 74.5 Å². The molecule has 2 aromatic heterocycles. The van der Waals surface area contributed by atoms with E-state index in [4.69, 9.17) is 37.4 Å². The summed E-state index contributed by atoms with van der Waals surface area (Å²) >= 11 is 12.7. The molecule has 0 radical (unpaired) electrons. The molecule has 5 aromatic rings. The van der Waals surface area contributed by atoms with E-state index in [-0.39, 0.29) is 18.3 Å². The van der Waals surface area contributed by atoms with Gasteiger partial charge in [0.25, 0.3) is 0 Å². The molecule has 2 fully saturated rings. The summed E-state index contributed by atoms with van der Waals surface area (Å²) in [6.07, 6.45) is 3.53. The van der Waals surface area contributed by atoms with Crippen LogP contribution in [0.4, 0.5) is 11.4 Å². The molecular formula is C35H38Cl2N8O5. The summed E-state index contributed by atoms with van der Waals surface area (Å²) in [5, 5.41) is 19.2. The number of halogens is 2. The maximum atomic E-state index is 12.8. The SMILES string of the molecule is C[C@@H](O)[C@H](C)n1ncn(-c2ccc(N3CCN(c4ccc(OC[C@@H]5CO[C@@](Cn6cncn6)(c6ccc(Cl)cc6Cl)O5)cc4)CC3)cc2)c1=O. The summed E-state index contributed by atoms with van der Waals surface area (Å²) in [7, 11) is 0. The van der Waals surface area contributed by atoms with Crippen LogP contribution in [-0.4, -0.2) is 85.8 Å². The van der Waals surface area contributed by atoms with E-state index in [1.54, 1.807) is 37.0 Å². The van der Waals surface area contributed by atoms with Crippen LogP contribution in [0.3, 0.4) is 0 Å². The van der Waals surface area contributed by atoms with Crippen molar-refractivity contribution in [3.63, 3.8) is 0 Å². The van der Waals surface area contributed by atoms with Gasteiger partial charge in [-0.15, -0.1) is 0 Å². The molecule has 2 aliphatic rings. The molecule has 4 heterocycles. The van der Waals surface area contributed by atoms with E-state index in [2.05, 4.69) is 37.1 Å². The zero-order chi connectivity index (χ0) is 34.8. The van der Waals surface area contributed by atoms with Gasteiger partial charge in [0, 0.05) is 48.1 Å². The molecule has 2 aliphatic heterocycles. The summed E-state index contributed by atoms with van der Waals surface area (Å²) < 4.78 is 23.3. The molecule has 1 N–H and O–H groups in total. The third-order valence-corrected chi connectivity index (χ3v) is 9.77. The molecule has 15 heteroatoms. The quantitative estimate of drug-likeness (QED) is 0.208. The zero-order valence-electron chi connectivity index (χ0n) is 27.7. The number of rotatable bonds is 11. The van der Waals surface area contributed by atoms with Gasteiger partial charge < -0.3 is 29.1 Å². The number of aromatic nitrogens is 6. The molecule has 0 amide bonds. The average Bonchev–Trinajstić information content (AvgIpc) is 3.88. The molecule has 7 rings (SSSR count). The van der Waals surface area contributed by atoms with Crippen molar-refractivity contribution in [2.45, 2.75) is 44.4 Å². The van der Waals surface area contributed by atoms with E-state index in [0.717, 1.165) is 49.0 Å². The fourth-order valence-electron chi connectivity index (χ4n) is 6.25. The Morgan fingerprint density at radius 2 is 1.58 bits per heavy atom. The lowest BCUT2D eigenvalue weighted by Gasteiger charge is -2.37. The third kappa shape index (κ3) is 7.10. The van der Waals surface area contributed by atoms with Gasteiger partial charge >= 0.3 is 5.69 Å². The number of ether oxygens (including phenoxy) is 3. The smallest absolute Gasteiger partial charge is 0.350 e. The van der Waals surface area contributed by atoms with Crippen LogP contribution in [0.25, 0.3) is 5.69 Å². The van der Waals surface area contributed by atoms with Gasteiger partial charge in [0.1, 0.15) is 44.0 Å². The summed E-state index contributed by atoms with van der Waals surface area (Å²) in [6, 6.07) is 20.8. The molecule has 0 unspecified atom stereocenters. The van der Waals surface area contributed by atoms with Gasteiger partial charge in [0.15, 0.2) is 0 Å². The van der Waals surface area contributed by atoms with E-state index in [0.29, 0.717) is 28.8 Å². The number of hydrogen-bond acceptors (Lipinski definition) is 10. The van der Waals surface area contributed by atoms with Crippen LogP contribution in [0.1, 0.15) is 25.5 Å². The highest BCUT2D eigenvalue weighted by Crippen LogP contribution is 2.40. The number of nitrogens with zero attached hydrogens (tertiary/aromatic N) is 8. The lowest BCUT2D eigenvalue weighted by atomic mass is 10.1. The maximum Gasteiger partial charge on any atom is 0.350 e. The Labute approximate surface area is 299 Å². The number of anilines is 2. The molecule has 3 aromatic carbocycles. The average molecular weight is 722 g/mol. The van der Waals surface area contributed by atoms with Crippen LogP contribution in [0.5, 0.6) is 5.75 Å². The number of benzene rings is 3. The predicted molar refractivity (Wildman–Crippen MR) is 190 cm³/mol. The number of aliphatic hydroxyl groups is 1. The first-order valence-corrected chi connectivity index (χ1v) is 17.2. The topological polar surface area (TPSA) is 125 Å². The van der Waals surface area contributed by atoms with Crippen LogP contribution in [0.2, 0.25) is 10.0 Å². The van der Waals surface area contributed by atoms with Gasteiger partial charge in [0.2, 0.25) is 5.79 Å². The van der Waals surface area contributed by atoms with Gasteiger partial charge in [-0.3, -0.25) is 0 Å². The third-order valence-electron chi connectivity index (χ3n) is 9.23. The van der Waals surface area contributed by atoms with Crippen molar-refractivity contribution in [2.24, 2.45) is 0 Å². The first-order chi connectivity index (χ1) is 24.2. The second-order valence-electron chi connectivity index (χ2n) is 12.5. The Morgan fingerprint density at radius 3 is 2.20 bits per heavy atom. The van der Waals surface area contributed by atoms with Gasteiger partial charge in [-0.25, -0.2) is 23.7 Å². The van der Waals surface area contributed by atoms with Gasteiger partial charge in [0.05, 0.1) is 29.5 Å². The van der Waals surface area contributed by atoms with E-state index in [9.17, 15) is 9.90 Å². The van der Waals surface area contributed by atoms with Crippen LogP contribution in [-0.2, 0) is 21.8 Å². The normalized spacial score (nSPS) is 20.6. The molecular weight excluding hydrogens is 683 g/mol. The van der Waals surface area contributed by atoms with Gasteiger partial charge in [-0.2, -0.15) is 10.2 Å². The second-order valence-corrected chi connectivity index (χ2v) is 13.4. The van der Waals surface area contributed by atoms with Crippen molar-refractivity contribution in [3.05, 3.63) is 112 Å². The van der Waals surface area contributed by atoms with Crippen LogP contribution < -0.4 is 20.2 Å². The molecule has 2 saturated heterocycles. The molecule has 0 aliphatic carbocycles. The van der Waals surface area contributed by atoms with E-state index in [1.165, 1.54) is 21.9 Å². The predicted octanol–water partition coefficient (Wildman–Crippen LogP) is 4.55. The van der Waals surface area contributed by atoms with Crippen molar-refractivity contribution >= 4 is 34.6 Å². The van der Waals surface area contributed by atoms with E-state index < -0.39 is 17.9 Å². The first kappa shape index (κ1) is 34.1. The summed E-state index contributed by atoms with van der Waals surface area (Å²) in [6.45, 7) is 7.71. The van der Waals surface area contributed by atoms with Gasteiger partial charge in [-0.1, -0.05) is 29.3 Å². The highest BCUT2D eigenvalue weighted by atomic mass is 35.5. The lowest BCUT2D eigenvalue weighted by molar-refractivity contribution is -0.190. The molecule has 13 nitrogen and oxygen atoms in total. The molecule has 0 bridgehead atoms. The maximum absolute atomic E-state index is 12.8. The molecule has 4 atom stereocenters. The summed E-state index contributed by atoms with van der Waals surface area (Å²) in [4.78, 5) is 21.6. The second kappa shape index (κ2) is 14.4. The van der Waals surface area contributed by atoms with Crippen molar-refractivity contribution in [1.29, 1.82) is 0 Å². The molecule has 0 spiro atoms. The Balaban J connectivity index is 0.924. The summed E-state index contributed by atoms with van der Waals surface area (Å²) in [5.41, 5.74) is 3.33. The van der Waals surface area contributed by atoms with Crippen LogP contribution in [0, 0.1) is 0 Å². The monoisotopic (exact) mass is 720 g/mol. The van der Waals surface area contributed by atoms with E-state index >= 15 is 0 Å². The molecule has 50 heavy (non-hydrogen) atoms. The van der Waals surface area contributed by atoms with Crippen molar-refractivity contribution in [2.75, 3.05) is 49.2 Å². The highest BCUT2D eigenvalue weighted by Gasteiger charge is 2.45. The highest BCUT2D eigenvalue weighted by molar-refractivity contribution is 6.35. The fourth-order valence-corrected chi connectivity index (χ4v) is 6.80. The largest absolute Gasteiger partial charge is 0.491 e. The molecule has 0 saturated carbocycles. The Hall–Kier alpha value is -4.40. The Bertz CT molecular complexity index is 1940. The lowest BCUT2D eigenvalue weighted by Crippen LogP contribution is -2.46. The van der Waals surface area contributed by atoms with E-state index in [1.807, 2.05) is 42.5 Å². The minimum Gasteiger partial charge on any atom is -0.491 e. The van der Waals surface area contributed by atoms with Crippen LogP contribution >= 0.6 is 23.2 Å². The minimum absolute atomic E-state index is 0.261. The first-order valence-electron chi connectivity index (χ1n) is 16.5. The number of piperazine rings is 1. The summed E-state index contributed by atoms with van der Waals surface area (Å²) in [5.74, 6) is -0.432. The number of hydrogen-bond donors (Lipinski definition) is 1. The Morgan fingerprint density at radius 1 is 0.920 bits per heavy atom. The van der Waals surface area contributed by atoms with Crippen molar-refractivity contribution in [3.8, 4) is 11.4 Å². The minimum atomic E-state index is -1.17.